The first kappa shape index (κ1) is 27.2. The number of nitrogens with two attached hydrogens (primary N) is 2. The zero-order chi connectivity index (χ0) is 24.3. The molecule has 0 aromatic rings. The third kappa shape index (κ3) is 10.5. The van der Waals surface area contributed by atoms with E-state index in [1.807, 2.05) is 16.0 Å². The molecule has 31 heavy (non-hydrogen) atoms. The molecular formula is C15H23N5O11. The number of amides is 4. The number of carbonyl (C=O) groups excluding carboxylic acids is 4. The van der Waals surface area contributed by atoms with Crippen LogP contribution in [0.15, 0.2) is 0 Å². The maximum Gasteiger partial charge on any atom is 0.326 e. The summed E-state index contributed by atoms with van der Waals surface area (Å²) in [6.07, 6.45) is -2.62. The average molecular weight is 449 g/mol. The maximum atomic E-state index is 12.3. The molecule has 0 fully saturated rings. The second-order valence-electron chi connectivity index (χ2n) is 6.18. The van der Waals surface area contributed by atoms with Crippen LogP contribution in [0.25, 0.3) is 0 Å². The Hall–Kier alpha value is -3.79. The van der Waals surface area contributed by atoms with Crippen molar-refractivity contribution in [2.75, 3.05) is 6.61 Å². The number of carboxylic acid groups (broad SMARTS) is 3. The SMILES string of the molecule is NC(=O)CC(NC(=O)C(CO)NC(=O)C(N)CC(=O)O)C(=O)NC(CC(=O)O)C(=O)O. The highest BCUT2D eigenvalue weighted by molar-refractivity contribution is 5.96. The Morgan fingerprint density at radius 3 is 1.55 bits per heavy atom. The van der Waals surface area contributed by atoms with Crippen LogP contribution >= 0.6 is 0 Å². The van der Waals surface area contributed by atoms with Crippen LogP contribution in [0.2, 0.25) is 0 Å². The molecule has 4 amide bonds. The number of carbonyl (C=O) groups is 7. The van der Waals surface area contributed by atoms with Crippen LogP contribution in [0.1, 0.15) is 19.3 Å². The fraction of sp³-hybridized carbons (Fsp3) is 0.533. The Bertz CT molecular complexity index is 741. The lowest BCUT2D eigenvalue weighted by atomic mass is 10.1. The lowest BCUT2D eigenvalue weighted by Crippen LogP contribution is -2.58. The summed E-state index contributed by atoms with van der Waals surface area (Å²) < 4.78 is 0. The van der Waals surface area contributed by atoms with E-state index in [2.05, 4.69) is 0 Å². The summed E-state index contributed by atoms with van der Waals surface area (Å²) in [6, 6.07) is -6.94. The fourth-order valence-electron chi connectivity index (χ4n) is 2.08. The minimum atomic E-state index is -1.89. The number of primary amides is 1. The molecule has 0 saturated heterocycles. The van der Waals surface area contributed by atoms with E-state index >= 15 is 0 Å². The molecular weight excluding hydrogens is 426 g/mol. The molecule has 0 aromatic carbocycles. The highest BCUT2D eigenvalue weighted by atomic mass is 16.4. The van der Waals surface area contributed by atoms with Gasteiger partial charge in [-0.1, -0.05) is 0 Å². The van der Waals surface area contributed by atoms with Gasteiger partial charge in [0.2, 0.25) is 23.6 Å². The number of rotatable bonds is 14. The number of hydrogen-bond acceptors (Lipinski definition) is 9. The lowest BCUT2D eigenvalue weighted by Gasteiger charge is -2.23. The topological polar surface area (TPSA) is 289 Å². The van der Waals surface area contributed by atoms with E-state index in [0.717, 1.165) is 0 Å². The normalized spacial score (nSPS) is 14.3. The number of hydrogen-bond donors (Lipinski definition) is 9. The minimum absolute atomic E-state index is 0.779. The molecule has 0 saturated carbocycles. The third-order valence-corrected chi connectivity index (χ3v) is 3.58. The predicted molar refractivity (Wildman–Crippen MR) is 96.8 cm³/mol. The van der Waals surface area contributed by atoms with E-state index in [1.54, 1.807) is 0 Å². The summed E-state index contributed by atoms with van der Waals surface area (Å²) in [6.45, 7) is -1.01. The van der Waals surface area contributed by atoms with Crippen LogP contribution in [-0.2, 0) is 33.6 Å². The first-order valence-corrected chi connectivity index (χ1v) is 8.50. The largest absolute Gasteiger partial charge is 0.481 e. The number of nitrogens with one attached hydrogen (secondary N) is 3. The van der Waals surface area contributed by atoms with Crippen molar-refractivity contribution in [3.8, 4) is 0 Å². The maximum absolute atomic E-state index is 12.3. The highest BCUT2D eigenvalue weighted by Crippen LogP contribution is 2.00. The van der Waals surface area contributed by atoms with Gasteiger partial charge in [0.25, 0.3) is 0 Å². The molecule has 0 radical (unpaired) electrons. The van der Waals surface area contributed by atoms with Gasteiger partial charge in [0.05, 0.1) is 31.9 Å². The standard InChI is InChI=1S/C15H23N5O11/c16-5(1-10(23)24)12(27)20-8(4-21)14(29)18-6(2-9(17)22)13(28)19-7(15(30)31)3-11(25)26/h5-8,21H,1-4,16H2,(H2,17,22)(H,18,29)(H,19,28)(H,20,27)(H,23,24)(H,25,26)(H,30,31). The molecule has 0 aliphatic heterocycles. The van der Waals surface area contributed by atoms with Gasteiger partial charge < -0.3 is 47.8 Å². The summed E-state index contributed by atoms with van der Waals surface area (Å²) in [5.74, 6) is -9.35. The average Bonchev–Trinajstić information content (AvgIpc) is 2.62. The number of aliphatic carboxylic acids is 3. The molecule has 4 unspecified atom stereocenters. The van der Waals surface area contributed by atoms with Crippen molar-refractivity contribution in [3.05, 3.63) is 0 Å². The molecule has 0 spiro atoms. The molecule has 0 aromatic heterocycles. The summed E-state index contributed by atoms with van der Waals surface area (Å²) in [4.78, 5) is 79.8. The molecule has 0 heterocycles. The molecule has 16 nitrogen and oxygen atoms in total. The van der Waals surface area contributed by atoms with E-state index in [1.165, 1.54) is 0 Å². The van der Waals surface area contributed by atoms with Crippen LogP contribution < -0.4 is 27.4 Å². The molecule has 4 atom stereocenters. The Morgan fingerprint density at radius 2 is 1.13 bits per heavy atom. The second-order valence-corrected chi connectivity index (χ2v) is 6.18. The van der Waals surface area contributed by atoms with Gasteiger partial charge in [-0.05, 0) is 0 Å². The van der Waals surface area contributed by atoms with E-state index in [4.69, 9.17) is 26.8 Å². The summed E-state index contributed by atoms with van der Waals surface area (Å²) in [5, 5.41) is 41.3. The van der Waals surface area contributed by atoms with Crippen LogP contribution in [0, 0.1) is 0 Å². The quantitative estimate of drug-likeness (QED) is 0.120. The molecule has 0 bridgehead atoms. The Kier molecular flexibility index (Phi) is 11.2. The molecule has 0 aliphatic carbocycles. The van der Waals surface area contributed by atoms with Crippen LogP contribution in [0.3, 0.4) is 0 Å². The smallest absolute Gasteiger partial charge is 0.326 e. The molecule has 0 aliphatic rings. The van der Waals surface area contributed by atoms with Crippen LogP contribution in [0.4, 0.5) is 0 Å². The van der Waals surface area contributed by atoms with Crippen molar-refractivity contribution < 1.29 is 54.0 Å². The first-order chi connectivity index (χ1) is 14.3. The van der Waals surface area contributed by atoms with Gasteiger partial charge in [-0.3, -0.25) is 28.8 Å². The number of aliphatic hydroxyl groups is 1. The molecule has 174 valence electrons. The van der Waals surface area contributed by atoms with Crippen molar-refractivity contribution in [1.82, 2.24) is 16.0 Å². The van der Waals surface area contributed by atoms with E-state index < -0.39 is 91.6 Å². The van der Waals surface area contributed by atoms with Gasteiger partial charge in [0, 0.05) is 0 Å². The van der Waals surface area contributed by atoms with Crippen molar-refractivity contribution in [2.45, 2.75) is 43.4 Å². The van der Waals surface area contributed by atoms with E-state index in [-0.39, 0.29) is 0 Å². The second kappa shape index (κ2) is 12.7. The van der Waals surface area contributed by atoms with Crippen molar-refractivity contribution >= 4 is 41.5 Å². The monoisotopic (exact) mass is 449 g/mol. The van der Waals surface area contributed by atoms with Crippen molar-refractivity contribution in [2.24, 2.45) is 11.5 Å². The van der Waals surface area contributed by atoms with E-state index in [0.29, 0.717) is 0 Å². The molecule has 16 heteroatoms. The van der Waals surface area contributed by atoms with Crippen molar-refractivity contribution in [3.63, 3.8) is 0 Å². The first-order valence-electron chi connectivity index (χ1n) is 8.50. The van der Waals surface area contributed by atoms with Crippen molar-refractivity contribution in [1.29, 1.82) is 0 Å². The van der Waals surface area contributed by atoms with Crippen LogP contribution in [0.5, 0.6) is 0 Å². The van der Waals surface area contributed by atoms with Gasteiger partial charge in [0.15, 0.2) is 0 Å². The van der Waals surface area contributed by atoms with Gasteiger partial charge in [-0.2, -0.15) is 0 Å². The minimum Gasteiger partial charge on any atom is -0.481 e. The van der Waals surface area contributed by atoms with Gasteiger partial charge in [-0.25, -0.2) is 4.79 Å². The highest BCUT2D eigenvalue weighted by Gasteiger charge is 2.32. The Labute approximate surface area is 173 Å². The van der Waals surface area contributed by atoms with E-state index in [9.17, 15) is 38.7 Å². The summed E-state index contributed by atoms with van der Waals surface area (Å²) in [5.41, 5.74) is 10.3. The summed E-state index contributed by atoms with van der Waals surface area (Å²) in [7, 11) is 0. The lowest BCUT2D eigenvalue weighted by molar-refractivity contribution is -0.147. The van der Waals surface area contributed by atoms with Gasteiger partial charge in [-0.15, -0.1) is 0 Å². The number of carboxylic acids is 3. The van der Waals surface area contributed by atoms with Gasteiger partial charge >= 0.3 is 17.9 Å². The number of aliphatic hydroxyl groups excluding tert-OH is 1. The zero-order valence-electron chi connectivity index (χ0n) is 15.9. The molecule has 0 rings (SSSR count). The Morgan fingerprint density at radius 1 is 0.677 bits per heavy atom. The third-order valence-electron chi connectivity index (χ3n) is 3.58. The Balaban J connectivity index is 5.32. The van der Waals surface area contributed by atoms with Crippen LogP contribution in [-0.4, -0.2) is 92.7 Å². The van der Waals surface area contributed by atoms with Gasteiger partial charge in [0.1, 0.15) is 18.1 Å². The molecule has 11 N–H and O–H groups in total. The predicted octanol–water partition coefficient (Wildman–Crippen LogP) is -5.33. The zero-order valence-corrected chi connectivity index (χ0v) is 15.9. The fourth-order valence-corrected chi connectivity index (χ4v) is 2.08. The summed E-state index contributed by atoms with van der Waals surface area (Å²) >= 11 is 0.